The minimum Gasteiger partial charge on any atom is -0.451 e. The number of halogens is 3. The van der Waals surface area contributed by atoms with Crippen molar-refractivity contribution < 1.29 is 18.0 Å². The fourth-order valence-corrected chi connectivity index (χ4v) is 3.18. The Bertz CT molecular complexity index is 1060. The fourth-order valence-electron chi connectivity index (χ4n) is 2.48. The third-order valence-electron chi connectivity index (χ3n) is 4.09. The molecule has 1 amide bonds. The Balaban J connectivity index is 1.71. The minimum atomic E-state index is -0.849. The summed E-state index contributed by atoms with van der Waals surface area (Å²) in [5.74, 6) is -1.58. The quantitative estimate of drug-likeness (QED) is 0.485. The van der Waals surface area contributed by atoms with Gasteiger partial charge in [-0.25, -0.2) is 8.78 Å². The number of anilines is 1. The van der Waals surface area contributed by atoms with Crippen molar-refractivity contribution in [3.05, 3.63) is 75.5 Å². The average Bonchev–Trinajstić information content (AvgIpc) is 3.10. The number of carbonyl (C=O) groups excluding carboxylic acids is 1. The van der Waals surface area contributed by atoms with E-state index in [0.717, 1.165) is 22.8 Å². The van der Waals surface area contributed by atoms with Crippen molar-refractivity contribution in [2.45, 2.75) is 13.8 Å². The first kappa shape index (κ1) is 20.2. The van der Waals surface area contributed by atoms with Crippen LogP contribution in [0.2, 0.25) is 0 Å². The highest BCUT2D eigenvalue weighted by Gasteiger charge is 2.16. The average molecular weight is 465 g/mol. The molecule has 0 bridgehead atoms. The lowest BCUT2D eigenvalue weighted by molar-refractivity contribution is 0.0951. The van der Waals surface area contributed by atoms with Gasteiger partial charge in [0, 0.05) is 16.1 Å². The van der Waals surface area contributed by atoms with E-state index in [1.54, 1.807) is 6.07 Å². The van der Waals surface area contributed by atoms with Crippen molar-refractivity contribution in [2.75, 3.05) is 5.32 Å². The van der Waals surface area contributed by atoms with Crippen molar-refractivity contribution in [2.24, 2.45) is 0 Å². The van der Waals surface area contributed by atoms with Gasteiger partial charge in [-0.05, 0) is 77.4 Å². The van der Waals surface area contributed by atoms with Crippen LogP contribution in [0.4, 0.5) is 14.5 Å². The van der Waals surface area contributed by atoms with E-state index in [-0.39, 0.29) is 21.0 Å². The SMILES string of the molecule is Cc1ccc(-c2ccc(C(=O)NC(=S)Nc3c(F)cc(F)cc3Br)o2)cc1C. The Labute approximate surface area is 174 Å². The number of furan rings is 1. The van der Waals surface area contributed by atoms with Gasteiger partial charge < -0.3 is 9.73 Å². The van der Waals surface area contributed by atoms with E-state index < -0.39 is 17.5 Å². The van der Waals surface area contributed by atoms with Crippen molar-refractivity contribution in [1.29, 1.82) is 0 Å². The predicted molar refractivity (Wildman–Crippen MR) is 111 cm³/mol. The van der Waals surface area contributed by atoms with Crippen LogP contribution in [-0.2, 0) is 0 Å². The van der Waals surface area contributed by atoms with Crippen LogP contribution < -0.4 is 10.6 Å². The molecule has 0 radical (unpaired) electrons. The van der Waals surface area contributed by atoms with Crippen molar-refractivity contribution >= 4 is 44.9 Å². The smallest absolute Gasteiger partial charge is 0.293 e. The van der Waals surface area contributed by atoms with Crippen molar-refractivity contribution in [3.8, 4) is 11.3 Å². The van der Waals surface area contributed by atoms with E-state index in [4.69, 9.17) is 16.6 Å². The fraction of sp³-hybridized carbons (Fsp3) is 0.100. The van der Waals surface area contributed by atoms with Gasteiger partial charge >= 0.3 is 0 Å². The molecule has 1 heterocycles. The molecule has 0 spiro atoms. The summed E-state index contributed by atoms with van der Waals surface area (Å²) in [6.45, 7) is 4.00. The lowest BCUT2D eigenvalue weighted by Crippen LogP contribution is -2.34. The van der Waals surface area contributed by atoms with Crippen LogP contribution in [0.25, 0.3) is 11.3 Å². The topological polar surface area (TPSA) is 54.3 Å². The van der Waals surface area contributed by atoms with Crippen LogP contribution in [0.15, 0.2) is 51.4 Å². The van der Waals surface area contributed by atoms with Gasteiger partial charge in [0.25, 0.3) is 5.91 Å². The second kappa shape index (κ2) is 8.20. The zero-order chi connectivity index (χ0) is 20.4. The molecule has 28 heavy (non-hydrogen) atoms. The molecular formula is C20H15BrF2N2O2S. The summed E-state index contributed by atoms with van der Waals surface area (Å²) in [5.41, 5.74) is 3.03. The monoisotopic (exact) mass is 464 g/mol. The van der Waals surface area contributed by atoms with Crippen molar-refractivity contribution in [1.82, 2.24) is 5.32 Å². The number of aryl methyl sites for hydroxylation is 2. The first-order chi connectivity index (χ1) is 13.2. The molecule has 0 saturated heterocycles. The van der Waals surface area contributed by atoms with Gasteiger partial charge in [-0.2, -0.15) is 0 Å². The van der Waals surface area contributed by atoms with Gasteiger partial charge in [0.15, 0.2) is 16.7 Å². The number of amides is 1. The van der Waals surface area contributed by atoms with Gasteiger partial charge in [0.2, 0.25) is 0 Å². The van der Waals surface area contributed by atoms with Crippen LogP contribution in [0.1, 0.15) is 21.7 Å². The summed E-state index contributed by atoms with van der Waals surface area (Å²) in [6.07, 6.45) is 0. The van der Waals surface area contributed by atoms with Gasteiger partial charge in [-0.3, -0.25) is 10.1 Å². The normalized spacial score (nSPS) is 10.6. The summed E-state index contributed by atoms with van der Waals surface area (Å²) < 4.78 is 32.8. The molecule has 3 rings (SSSR count). The summed E-state index contributed by atoms with van der Waals surface area (Å²) in [4.78, 5) is 12.3. The third-order valence-corrected chi connectivity index (χ3v) is 4.92. The zero-order valence-corrected chi connectivity index (χ0v) is 17.3. The van der Waals surface area contributed by atoms with Crippen molar-refractivity contribution in [3.63, 3.8) is 0 Å². The largest absolute Gasteiger partial charge is 0.451 e. The number of benzene rings is 2. The Morgan fingerprint density at radius 3 is 2.50 bits per heavy atom. The first-order valence-corrected chi connectivity index (χ1v) is 9.39. The van der Waals surface area contributed by atoms with Crippen LogP contribution >= 0.6 is 28.1 Å². The number of hydrogen-bond acceptors (Lipinski definition) is 3. The van der Waals surface area contributed by atoms with Crippen LogP contribution in [0.3, 0.4) is 0 Å². The highest BCUT2D eigenvalue weighted by atomic mass is 79.9. The molecule has 0 aliphatic heterocycles. The van der Waals surface area contributed by atoms with Crippen LogP contribution in [0.5, 0.6) is 0 Å². The van der Waals surface area contributed by atoms with E-state index in [1.165, 1.54) is 6.07 Å². The standard InChI is InChI=1S/C20H15BrF2N2O2S/c1-10-3-4-12(7-11(10)2)16-5-6-17(27-16)19(26)25-20(28)24-18-14(21)8-13(22)9-15(18)23/h3-9H,1-2H3,(H2,24,25,26,28). The zero-order valence-electron chi connectivity index (χ0n) is 14.9. The Hall–Kier alpha value is -2.58. The molecule has 0 saturated carbocycles. The van der Waals surface area contributed by atoms with Gasteiger partial charge in [-0.15, -0.1) is 0 Å². The second-order valence-electron chi connectivity index (χ2n) is 6.12. The highest BCUT2D eigenvalue weighted by Crippen LogP contribution is 2.27. The number of thiocarbonyl (C=S) groups is 1. The lowest BCUT2D eigenvalue weighted by atomic mass is 10.1. The maximum Gasteiger partial charge on any atom is 0.293 e. The Kier molecular flexibility index (Phi) is 5.90. The van der Waals surface area contributed by atoms with Gasteiger partial charge in [0.05, 0.1) is 5.69 Å². The molecule has 0 atom stereocenters. The molecule has 4 nitrogen and oxygen atoms in total. The number of rotatable bonds is 3. The highest BCUT2D eigenvalue weighted by molar-refractivity contribution is 9.10. The van der Waals surface area contributed by atoms with E-state index in [9.17, 15) is 13.6 Å². The second-order valence-corrected chi connectivity index (χ2v) is 7.38. The molecule has 0 aliphatic rings. The number of hydrogen-bond donors (Lipinski definition) is 2. The summed E-state index contributed by atoms with van der Waals surface area (Å²) in [6, 6.07) is 10.8. The Morgan fingerprint density at radius 2 is 1.82 bits per heavy atom. The Morgan fingerprint density at radius 1 is 1.07 bits per heavy atom. The first-order valence-electron chi connectivity index (χ1n) is 8.19. The molecule has 144 valence electrons. The van der Waals surface area contributed by atoms with Gasteiger partial charge in [-0.1, -0.05) is 12.1 Å². The molecule has 0 aliphatic carbocycles. The maximum absolute atomic E-state index is 13.9. The molecule has 1 aromatic heterocycles. The summed E-state index contributed by atoms with van der Waals surface area (Å²) in [7, 11) is 0. The predicted octanol–water partition coefficient (Wildman–Crippen LogP) is 5.73. The van der Waals surface area contributed by atoms with Crippen LogP contribution in [0, 0.1) is 25.5 Å². The molecule has 0 fully saturated rings. The molecule has 2 aromatic carbocycles. The lowest BCUT2D eigenvalue weighted by Gasteiger charge is -2.11. The molecule has 3 aromatic rings. The number of nitrogens with one attached hydrogen (secondary N) is 2. The molecule has 8 heteroatoms. The number of carbonyl (C=O) groups is 1. The summed E-state index contributed by atoms with van der Waals surface area (Å²) in [5, 5.41) is 4.78. The van der Waals surface area contributed by atoms with E-state index in [2.05, 4.69) is 26.6 Å². The maximum atomic E-state index is 13.9. The molecular weight excluding hydrogens is 450 g/mol. The molecule has 0 unspecified atom stereocenters. The third kappa shape index (κ3) is 4.45. The van der Waals surface area contributed by atoms with E-state index in [0.29, 0.717) is 11.8 Å². The van der Waals surface area contributed by atoms with E-state index in [1.807, 2.05) is 32.0 Å². The van der Waals surface area contributed by atoms with Crippen LogP contribution in [-0.4, -0.2) is 11.0 Å². The molecule has 2 N–H and O–H groups in total. The minimum absolute atomic E-state index is 0.0519. The van der Waals surface area contributed by atoms with E-state index >= 15 is 0 Å². The van der Waals surface area contributed by atoms with Gasteiger partial charge in [0.1, 0.15) is 11.6 Å². The summed E-state index contributed by atoms with van der Waals surface area (Å²) >= 11 is 8.07.